The third-order valence-electron chi connectivity index (χ3n) is 4.20. The average Bonchev–Trinajstić information content (AvgIpc) is 3.01. The lowest BCUT2D eigenvalue weighted by atomic mass is 9.93. The molecule has 3 rings (SSSR count). The molecule has 1 aromatic heterocycles. The maximum Gasteiger partial charge on any atom is 0.314 e. The van der Waals surface area contributed by atoms with E-state index in [4.69, 9.17) is 9.15 Å². The Labute approximate surface area is 150 Å². The highest BCUT2D eigenvalue weighted by atomic mass is 19.3. The molecule has 140 valence electrons. The molecule has 1 amide bonds. The summed E-state index contributed by atoms with van der Waals surface area (Å²) in [5.74, 6) is -0.0857. The third kappa shape index (κ3) is 3.54. The molecule has 8 heteroatoms. The highest BCUT2D eigenvalue weighted by Crippen LogP contribution is 2.32. The van der Waals surface area contributed by atoms with Gasteiger partial charge in [-0.3, -0.25) is 4.79 Å². The lowest BCUT2D eigenvalue weighted by Crippen LogP contribution is -2.45. The topological polar surface area (TPSA) is 68.5 Å². The van der Waals surface area contributed by atoms with E-state index in [1.807, 2.05) is 27.7 Å². The first-order valence-corrected chi connectivity index (χ1v) is 8.35. The van der Waals surface area contributed by atoms with Crippen LogP contribution < -0.4 is 4.74 Å². The highest BCUT2D eigenvalue weighted by Gasteiger charge is 2.33. The van der Waals surface area contributed by atoms with Crippen LogP contribution in [0.15, 0.2) is 22.6 Å². The minimum Gasteiger partial charge on any atom is -0.491 e. The minimum atomic E-state index is -2.81. The number of amides is 1. The first kappa shape index (κ1) is 18.3. The van der Waals surface area contributed by atoms with Gasteiger partial charge in [0.2, 0.25) is 11.8 Å². The van der Waals surface area contributed by atoms with E-state index in [0.717, 1.165) is 5.56 Å². The monoisotopic (exact) mass is 365 g/mol. The normalized spacial score (nSPS) is 17.7. The van der Waals surface area contributed by atoms with Gasteiger partial charge >= 0.3 is 6.43 Å². The van der Waals surface area contributed by atoms with Crippen molar-refractivity contribution in [3.05, 3.63) is 29.7 Å². The molecule has 0 fully saturated rings. The predicted molar refractivity (Wildman–Crippen MR) is 89.7 cm³/mol. The van der Waals surface area contributed by atoms with E-state index in [2.05, 4.69) is 10.2 Å². The Morgan fingerprint density at radius 3 is 2.65 bits per heavy atom. The highest BCUT2D eigenvalue weighted by molar-refractivity contribution is 5.82. The Balaban J connectivity index is 1.90. The first-order valence-electron chi connectivity index (χ1n) is 8.35. The number of hydrogen-bond acceptors (Lipinski definition) is 5. The van der Waals surface area contributed by atoms with Gasteiger partial charge in [-0.25, -0.2) is 0 Å². The van der Waals surface area contributed by atoms with Gasteiger partial charge in [0.25, 0.3) is 5.89 Å². The molecule has 0 radical (unpaired) electrons. The molecule has 0 spiro atoms. The lowest BCUT2D eigenvalue weighted by molar-refractivity contribution is -0.142. The van der Waals surface area contributed by atoms with Crippen molar-refractivity contribution in [2.45, 2.75) is 46.7 Å². The van der Waals surface area contributed by atoms with Crippen LogP contribution in [0.4, 0.5) is 8.78 Å². The zero-order chi connectivity index (χ0) is 19.1. The second kappa shape index (κ2) is 6.66. The number of halogens is 2. The van der Waals surface area contributed by atoms with Crippen molar-refractivity contribution >= 4 is 5.91 Å². The Bertz CT molecular complexity index is 814. The largest absolute Gasteiger partial charge is 0.491 e. The van der Waals surface area contributed by atoms with E-state index in [0.29, 0.717) is 24.5 Å². The summed E-state index contributed by atoms with van der Waals surface area (Å²) in [5.41, 5.74) is 0.837. The molecule has 2 heterocycles. The van der Waals surface area contributed by atoms with Gasteiger partial charge in [-0.15, -0.1) is 10.2 Å². The number of fused-ring (bicyclic) bond motifs is 1. The minimum absolute atomic E-state index is 0.00613. The van der Waals surface area contributed by atoms with E-state index in [-0.39, 0.29) is 17.8 Å². The molecule has 0 bridgehead atoms. The molecule has 1 aliphatic heterocycles. The first-order chi connectivity index (χ1) is 12.2. The van der Waals surface area contributed by atoms with Crippen molar-refractivity contribution in [3.8, 4) is 17.2 Å². The standard InChI is InChI=1S/C18H21F2N3O3/c1-10-9-25-13-7-11(15-21-22-16(26-15)14(19)20)5-6-12(13)8-23(10)17(24)18(2,3)4/h5-7,10,14H,8-9H2,1-4H3. The molecule has 0 aliphatic carbocycles. The molecule has 1 aliphatic rings. The Kier molecular flexibility index (Phi) is 4.68. The summed E-state index contributed by atoms with van der Waals surface area (Å²) in [4.78, 5) is 14.5. The number of benzene rings is 1. The summed E-state index contributed by atoms with van der Waals surface area (Å²) >= 11 is 0. The van der Waals surface area contributed by atoms with Gasteiger partial charge in [0.05, 0.1) is 6.04 Å². The molecule has 1 atom stereocenters. The fraction of sp³-hybridized carbons (Fsp3) is 0.500. The van der Waals surface area contributed by atoms with Crippen molar-refractivity contribution in [2.75, 3.05) is 6.61 Å². The van der Waals surface area contributed by atoms with E-state index in [9.17, 15) is 13.6 Å². The summed E-state index contributed by atoms with van der Waals surface area (Å²) in [6.45, 7) is 8.34. The quantitative estimate of drug-likeness (QED) is 0.809. The Morgan fingerprint density at radius 2 is 2.04 bits per heavy atom. The summed E-state index contributed by atoms with van der Waals surface area (Å²) in [5, 5.41) is 6.99. The van der Waals surface area contributed by atoms with Gasteiger partial charge < -0.3 is 14.1 Å². The number of alkyl halides is 2. The molecule has 26 heavy (non-hydrogen) atoms. The van der Waals surface area contributed by atoms with Crippen LogP contribution in [-0.2, 0) is 11.3 Å². The number of aromatic nitrogens is 2. The van der Waals surface area contributed by atoms with Crippen LogP contribution in [0.5, 0.6) is 5.75 Å². The number of ether oxygens (including phenoxy) is 1. The number of hydrogen-bond donors (Lipinski definition) is 0. The molecule has 2 aromatic rings. The maximum absolute atomic E-state index is 12.7. The van der Waals surface area contributed by atoms with Crippen LogP contribution in [0.3, 0.4) is 0 Å². The summed E-state index contributed by atoms with van der Waals surface area (Å²) in [7, 11) is 0. The number of carbonyl (C=O) groups is 1. The smallest absolute Gasteiger partial charge is 0.314 e. The molecule has 1 unspecified atom stereocenters. The summed E-state index contributed by atoms with van der Waals surface area (Å²) in [6, 6.07) is 5.07. The zero-order valence-corrected chi connectivity index (χ0v) is 15.1. The molecular weight excluding hydrogens is 344 g/mol. The van der Waals surface area contributed by atoms with E-state index < -0.39 is 17.7 Å². The average molecular weight is 365 g/mol. The van der Waals surface area contributed by atoms with Gasteiger partial charge in [-0.1, -0.05) is 26.8 Å². The van der Waals surface area contributed by atoms with Crippen LogP contribution in [0.2, 0.25) is 0 Å². The molecular formula is C18H21F2N3O3. The molecule has 6 nitrogen and oxygen atoms in total. The van der Waals surface area contributed by atoms with Crippen LogP contribution in [0, 0.1) is 5.41 Å². The predicted octanol–water partition coefficient (Wildman–Crippen LogP) is 3.83. The Morgan fingerprint density at radius 1 is 1.31 bits per heavy atom. The van der Waals surface area contributed by atoms with Gasteiger partial charge in [0, 0.05) is 23.1 Å². The van der Waals surface area contributed by atoms with E-state index in [1.165, 1.54) is 0 Å². The van der Waals surface area contributed by atoms with Gasteiger partial charge in [-0.05, 0) is 19.1 Å². The van der Waals surface area contributed by atoms with Crippen LogP contribution in [0.25, 0.3) is 11.5 Å². The third-order valence-corrected chi connectivity index (χ3v) is 4.20. The maximum atomic E-state index is 12.7. The fourth-order valence-electron chi connectivity index (χ4n) is 2.73. The molecule has 0 saturated heterocycles. The van der Waals surface area contributed by atoms with Crippen molar-refractivity contribution in [2.24, 2.45) is 5.41 Å². The van der Waals surface area contributed by atoms with Gasteiger partial charge in [0.15, 0.2) is 0 Å². The lowest BCUT2D eigenvalue weighted by Gasteiger charge is -2.32. The number of nitrogens with zero attached hydrogens (tertiary/aromatic N) is 3. The summed E-state index contributed by atoms with van der Waals surface area (Å²) < 4.78 is 36.1. The fourth-order valence-corrected chi connectivity index (χ4v) is 2.73. The second-order valence-corrected chi connectivity index (χ2v) is 7.41. The van der Waals surface area contributed by atoms with Gasteiger partial charge in [0.1, 0.15) is 12.4 Å². The Hall–Kier alpha value is -2.51. The SMILES string of the molecule is CC1COc2cc(-c3nnc(C(F)F)o3)ccc2CN1C(=O)C(C)(C)C. The van der Waals surface area contributed by atoms with Crippen molar-refractivity contribution in [1.29, 1.82) is 0 Å². The number of carbonyl (C=O) groups excluding carboxylic acids is 1. The molecule has 1 aromatic carbocycles. The van der Waals surface area contributed by atoms with Crippen molar-refractivity contribution in [1.82, 2.24) is 15.1 Å². The summed E-state index contributed by atoms with van der Waals surface area (Å²) in [6.07, 6.45) is -2.81. The van der Waals surface area contributed by atoms with Crippen molar-refractivity contribution in [3.63, 3.8) is 0 Å². The van der Waals surface area contributed by atoms with Crippen molar-refractivity contribution < 1.29 is 22.7 Å². The van der Waals surface area contributed by atoms with Crippen LogP contribution in [0.1, 0.15) is 45.6 Å². The van der Waals surface area contributed by atoms with E-state index >= 15 is 0 Å². The molecule has 0 N–H and O–H groups in total. The van der Waals surface area contributed by atoms with Crippen LogP contribution in [-0.4, -0.2) is 33.7 Å². The van der Waals surface area contributed by atoms with E-state index in [1.54, 1.807) is 23.1 Å². The number of rotatable bonds is 2. The second-order valence-electron chi connectivity index (χ2n) is 7.41. The van der Waals surface area contributed by atoms with Crippen LogP contribution >= 0.6 is 0 Å². The molecule has 0 saturated carbocycles. The zero-order valence-electron chi connectivity index (χ0n) is 15.1. The van der Waals surface area contributed by atoms with Gasteiger partial charge in [-0.2, -0.15) is 8.78 Å².